The Morgan fingerprint density at radius 3 is 2.90 bits per heavy atom. The highest BCUT2D eigenvalue weighted by atomic mass is 127. The first-order valence-corrected chi connectivity index (χ1v) is 8.16. The summed E-state index contributed by atoms with van der Waals surface area (Å²) in [6.07, 6.45) is 5.13. The number of rotatable bonds is 3. The third-order valence-electron chi connectivity index (χ3n) is 3.13. The molecule has 2 heterocycles. The van der Waals surface area contributed by atoms with Crippen molar-refractivity contribution in [2.75, 3.05) is 13.2 Å². The van der Waals surface area contributed by atoms with Crippen LogP contribution in [0.1, 0.15) is 33.6 Å². The average molecular weight is 404 g/mol. The predicted octanol–water partition coefficient (Wildman–Crippen LogP) is 3.46. The second-order valence-electron chi connectivity index (χ2n) is 6.12. The Bertz CT molecular complexity index is 502. The zero-order chi connectivity index (χ0) is 15.5. The summed E-state index contributed by atoms with van der Waals surface area (Å²) in [6, 6.07) is 2.00. The van der Waals surface area contributed by atoms with Gasteiger partial charge in [-0.15, -0.1) is 0 Å². The number of carbonyl (C=O) groups is 1. The van der Waals surface area contributed by atoms with Crippen LogP contribution in [0.5, 0.6) is 5.75 Å². The summed E-state index contributed by atoms with van der Waals surface area (Å²) < 4.78 is 12.2. The molecule has 5 nitrogen and oxygen atoms in total. The minimum Gasteiger partial charge on any atom is -0.490 e. The van der Waals surface area contributed by atoms with Gasteiger partial charge in [0.25, 0.3) is 0 Å². The van der Waals surface area contributed by atoms with Crippen LogP contribution in [0.25, 0.3) is 0 Å². The highest BCUT2D eigenvalue weighted by Crippen LogP contribution is 2.22. The molecule has 0 spiro atoms. The standard InChI is InChI=1S/C15H21IN2O3/c1-15(2,3)21-14(19)18-6-4-5-12(18)10-20-13-7-11(16)8-17-9-13/h7-9,12H,4-6,10H2,1-3H3/t12-/m0/s1. The summed E-state index contributed by atoms with van der Waals surface area (Å²) in [5.74, 6) is 0.734. The van der Waals surface area contributed by atoms with Gasteiger partial charge in [-0.1, -0.05) is 0 Å². The quantitative estimate of drug-likeness (QED) is 0.725. The molecule has 1 saturated heterocycles. The van der Waals surface area contributed by atoms with E-state index in [1.165, 1.54) is 0 Å². The molecule has 1 aromatic rings. The van der Waals surface area contributed by atoms with Crippen LogP contribution >= 0.6 is 22.6 Å². The average Bonchev–Trinajstić information content (AvgIpc) is 2.83. The molecule has 116 valence electrons. The summed E-state index contributed by atoms with van der Waals surface area (Å²) in [5, 5.41) is 0. The second-order valence-corrected chi connectivity index (χ2v) is 7.37. The minimum atomic E-state index is -0.468. The van der Waals surface area contributed by atoms with Gasteiger partial charge >= 0.3 is 6.09 Å². The Morgan fingerprint density at radius 1 is 1.48 bits per heavy atom. The summed E-state index contributed by atoms with van der Waals surface area (Å²) in [7, 11) is 0. The highest BCUT2D eigenvalue weighted by molar-refractivity contribution is 14.1. The first-order valence-electron chi connectivity index (χ1n) is 7.08. The van der Waals surface area contributed by atoms with Gasteiger partial charge in [-0.2, -0.15) is 0 Å². The van der Waals surface area contributed by atoms with E-state index in [4.69, 9.17) is 9.47 Å². The molecule has 1 aliphatic heterocycles. The van der Waals surface area contributed by atoms with Crippen LogP contribution < -0.4 is 4.74 Å². The third kappa shape index (κ3) is 5.01. The molecule has 21 heavy (non-hydrogen) atoms. The van der Waals surface area contributed by atoms with Crippen LogP contribution in [0, 0.1) is 3.57 Å². The van der Waals surface area contributed by atoms with E-state index in [1.807, 2.05) is 26.8 Å². The first kappa shape index (κ1) is 16.3. The molecule has 1 aromatic heterocycles. The van der Waals surface area contributed by atoms with Crippen LogP contribution in [0.3, 0.4) is 0 Å². The lowest BCUT2D eigenvalue weighted by atomic mass is 10.2. The van der Waals surface area contributed by atoms with Crippen LogP contribution in [0.15, 0.2) is 18.5 Å². The monoisotopic (exact) mass is 404 g/mol. The maximum atomic E-state index is 12.2. The SMILES string of the molecule is CC(C)(C)OC(=O)N1CCC[C@H]1COc1cncc(I)c1. The first-order chi connectivity index (χ1) is 9.85. The van der Waals surface area contributed by atoms with E-state index >= 15 is 0 Å². The molecule has 6 heteroatoms. The van der Waals surface area contributed by atoms with Crippen molar-refractivity contribution in [3.05, 3.63) is 22.0 Å². The van der Waals surface area contributed by atoms with Crippen LogP contribution in [-0.2, 0) is 4.74 Å². The molecule has 0 saturated carbocycles. The summed E-state index contributed by atoms with van der Waals surface area (Å²) in [4.78, 5) is 18.0. The second kappa shape index (κ2) is 6.81. The molecular weight excluding hydrogens is 383 g/mol. The van der Waals surface area contributed by atoms with Crippen molar-refractivity contribution < 1.29 is 14.3 Å². The van der Waals surface area contributed by atoms with Gasteiger partial charge in [0.05, 0.1) is 12.2 Å². The van der Waals surface area contributed by atoms with Crippen molar-refractivity contribution >= 4 is 28.7 Å². The summed E-state index contributed by atoms with van der Waals surface area (Å²) in [6.45, 7) is 6.84. The minimum absolute atomic E-state index is 0.0673. The van der Waals surface area contributed by atoms with Crippen molar-refractivity contribution in [3.8, 4) is 5.75 Å². The number of nitrogens with zero attached hydrogens (tertiary/aromatic N) is 2. The molecule has 0 bridgehead atoms. The number of aromatic nitrogens is 1. The van der Waals surface area contributed by atoms with Gasteiger partial charge in [0.1, 0.15) is 18.0 Å². The molecule has 2 rings (SSSR count). The van der Waals surface area contributed by atoms with Crippen molar-refractivity contribution in [3.63, 3.8) is 0 Å². The molecule has 1 fully saturated rings. The number of halogens is 1. The van der Waals surface area contributed by atoms with Crippen molar-refractivity contribution in [1.29, 1.82) is 0 Å². The molecule has 0 aromatic carbocycles. The van der Waals surface area contributed by atoms with Gasteiger partial charge in [-0.05, 0) is 62.3 Å². The lowest BCUT2D eigenvalue weighted by Gasteiger charge is -2.28. The highest BCUT2D eigenvalue weighted by Gasteiger charge is 2.32. The molecule has 1 amide bonds. The van der Waals surface area contributed by atoms with E-state index in [2.05, 4.69) is 27.6 Å². The van der Waals surface area contributed by atoms with Crippen molar-refractivity contribution in [1.82, 2.24) is 9.88 Å². The zero-order valence-electron chi connectivity index (χ0n) is 12.6. The number of hydrogen-bond donors (Lipinski definition) is 0. The Hall–Kier alpha value is -1.05. The van der Waals surface area contributed by atoms with Gasteiger partial charge in [-0.25, -0.2) is 4.79 Å². The molecule has 0 radical (unpaired) electrons. The normalized spacial score (nSPS) is 18.7. The number of ether oxygens (including phenoxy) is 2. The van der Waals surface area contributed by atoms with Gasteiger partial charge in [0, 0.05) is 16.3 Å². The van der Waals surface area contributed by atoms with Gasteiger partial charge in [-0.3, -0.25) is 4.98 Å². The van der Waals surface area contributed by atoms with Crippen molar-refractivity contribution in [2.24, 2.45) is 0 Å². The summed E-state index contributed by atoms with van der Waals surface area (Å²) in [5.41, 5.74) is -0.468. The van der Waals surface area contributed by atoms with Crippen LogP contribution in [0.4, 0.5) is 4.79 Å². The Kier molecular flexibility index (Phi) is 5.29. The number of amides is 1. The Morgan fingerprint density at radius 2 is 2.24 bits per heavy atom. The molecule has 0 N–H and O–H groups in total. The van der Waals surface area contributed by atoms with E-state index in [0.717, 1.165) is 28.7 Å². The van der Waals surface area contributed by atoms with E-state index in [0.29, 0.717) is 6.61 Å². The zero-order valence-corrected chi connectivity index (χ0v) is 14.8. The molecule has 0 aliphatic carbocycles. The molecule has 1 aliphatic rings. The molecule has 1 atom stereocenters. The Balaban J connectivity index is 1.91. The van der Waals surface area contributed by atoms with E-state index in [-0.39, 0.29) is 12.1 Å². The lowest BCUT2D eigenvalue weighted by molar-refractivity contribution is 0.0187. The van der Waals surface area contributed by atoms with Crippen molar-refractivity contribution in [2.45, 2.75) is 45.3 Å². The smallest absolute Gasteiger partial charge is 0.410 e. The van der Waals surface area contributed by atoms with Gasteiger partial charge in [0.15, 0.2) is 0 Å². The van der Waals surface area contributed by atoms with Gasteiger partial charge < -0.3 is 14.4 Å². The number of likely N-dealkylation sites (tertiary alicyclic amines) is 1. The fraction of sp³-hybridized carbons (Fsp3) is 0.600. The molecular formula is C15H21IN2O3. The van der Waals surface area contributed by atoms with E-state index in [1.54, 1.807) is 17.3 Å². The topological polar surface area (TPSA) is 51.7 Å². The van der Waals surface area contributed by atoms with Gasteiger partial charge in [0.2, 0.25) is 0 Å². The lowest BCUT2D eigenvalue weighted by Crippen LogP contribution is -2.42. The third-order valence-corrected chi connectivity index (χ3v) is 3.72. The fourth-order valence-corrected chi connectivity index (χ4v) is 2.70. The van der Waals surface area contributed by atoms with Crippen LogP contribution in [0.2, 0.25) is 0 Å². The van der Waals surface area contributed by atoms with E-state index in [9.17, 15) is 4.79 Å². The summed E-state index contributed by atoms with van der Waals surface area (Å²) >= 11 is 2.20. The Labute approximate surface area is 139 Å². The van der Waals surface area contributed by atoms with Crippen LogP contribution in [-0.4, -0.2) is 40.8 Å². The fourth-order valence-electron chi connectivity index (χ4n) is 2.23. The maximum Gasteiger partial charge on any atom is 0.410 e. The number of hydrogen-bond acceptors (Lipinski definition) is 4. The van der Waals surface area contributed by atoms with E-state index < -0.39 is 5.60 Å². The molecule has 0 unspecified atom stereocenters. The largest absolute Gasteiger partial charge is 0.490 e. The number of carbonyl (C=O) groups excluding carboxylic acids is 1. The maximum absolute atomic E-state index is 12.2. The number of pyridine rings is 1. The predicted molar refractivity (Wildman–Crippen MR) is 88.4 cm³/mol.